The average molecular weight is 299 g/mol. The highest BCUT2D eigenvalue weighted by Crippen LogP contribution is 2.31. The Morgan fingerprint density at radius 2 is 1.67 bits per heavy atom. The van der Waals surface area contributed by atoms with Crippen molar-refractivity contribution in [1.29, 1.82) is 0 Å². The van der Waals surface area contributed by atoms with Crippen LogP contribution in [0.3, 0.4) is 0 Å². The van der Waals surface area contributed by atoms with Crippen molar-refractivity contribution in [1.82, 2.24) is 0 Å². The van der Waals surface area contributed by atoms with Crippen molar-refractivity contribution in [2.75, 3.05) is 0 Å². The monoisotopic (exact) mass is 298 g/mol. The van der Waals surface area contributed by atoms with E-state index in [2.05, 4.69) is 9.98 Å². The van der Waals surface area contributed by atoms with Crippen LogP contribution in [0.1, 0.15) is 16.7 Å². The third-order valence-electron chi connectivity index (χ3n) is 3.07. The first-order chi connectivity index (χ1) is 10.2. The van der Waals surface area contributed by atoms with E-state index in [1.54, 1.807) is 12.1 Å². The second-order valence-electron chi connectivity index (χ2n) is 4.44. The number of hydrogen-bond donors (Lipinski definition) is 0. The molecule has 0 saturated carbocycles. The Hall–Kier alpha value is -2.51. The predicted molar refractivity (Wildman–Crippen MR) is 81.0 cm³/mol. The normalized spacial score (nSPS) is 9.62. The molecule has 5 heteroatoms. The van der Waals surface area contributed by atoms with Crippen LogP contribution in [0.15, 0.2) is 46.4 Å². The van der Waals surface area contributed by atoms with E-state index >= 15 is 0 Å². The second kappa shape index (κ2) is 6.78. The van der Waals surface area contributed by atoms with Gasteiger partial charge in [0, 0.05) is 11.4 Å². The number of benzene rings is 2. The van der Waals surface area contributed by atoms with Gasteiger partial charge in [-0.1, -0.05) is 35.9 Å². The molecule has 0 aliphatic carbocycles. The maximum Gasteiger partial charge on any atom is 0.240 e. The minimum atomic E-state index is 0.421. The van der Waals surface area contributed by atoms with Crippen molar-refractivity contribution < 1.29 is 9.59 Å². The molecule has 2 rings (SSSR count). The lowest BCUT2D eigenvalue weighted by molar-refractivity contribution is 0.564. The first kappa shape index (κ1) is 14.9. The van der Waals surface area contributed by atoms with Gasteiger partial charge in [0.15, 0.2) is 0 Å². The summed E-state index contributed by atoms with van der Waals surface area (Å²) in [7, 11) is 0. The van der Waals surface area contributed by atoms with Gasteiger partial charge < -0.3 is 0 Å². The van der Waals surface area contributed by atoms with Crippen LogP contribution in [0.5, 0.6) is 0 Å². The van der Waals surface area contributed by atoms with Crippen molar-refractivity contribution in [3.8, 4) is 0 Å². The fourth-order valence-electron chi connectivity index (χ4n) is 2.06. The van der Waals surface area contributed by atoms with Crippen LogP contribution in [0, 0.1) is 6.92 Å². The first-order valence-corrected chi connectivity index (χ1v) is 6.56. The first-order valence-electron chi connectivity index (χ1n) is 6.18. The van der Waals surface area contributed by atoms with Gasteiger partial charge in [0.05, 0.1) is 11.4 Å². The summed E-state index contributed by atoms with van der Waals surface area (Å²) >= 11 is 6.15. The van der Waals surface area contributed by atoms with E-state index in [4.69, 9.17) is 11.6 Å². The topological polar surface area (TPSA) is 58.9 Å². The van der Waals surface area contributed by atoms with Crippen LogP contribution in [-0.4, -0.2) is 12.2 Å². The summed E-state index contributed by atoms with van der Waals surface area (Å²) in [4.78, 5) is 28.2. The second-order valence-corrected chi connectivity index (χ2v) is 4.85. The highest BCUT2D eigenvalue weighted by atomic mass is 35.5. The molecule has 0 atom stereocenters. The van der Waals surface area contributed by atoms with E-state index in [0.29, 0.717) is 22.8 Å². The number of isocyanates is 2. The molecule has 104 valence electrons. The molecule has 0 radical (unpaired) electrons. The van der Waals surface area contributed by atoms with Crippen LogP contribution < -0.4 is 0 Å². The van der Waals surface area contributed by atoms with Gasteiger partial charge >= 0.3 is 0 Å². The smallest absolute Gasteiger partial charge is 0.211 e. The Kier molecular flexibility index (Phi) is 4.81. The van der Waals surface area contributed by atoms with Crippen molar-refractivity contribution in [2.45, 2.75) is 13.3 Å². The number of aliphatic imine (C=N–C) groups is 2. The summed E-state index contributed by atoms with van der Waals surface area (Å²) in [5, 5.41) is 0.645. The molecule has 0 unspecified atom stereocenters. The van der Waals surface area contributed by atoms with E-state index in [1.165, 1.54) is 12.2 Å². The van der Waals surface area contributed by atoms with Gasteiger partial charge in [-0.25, -0.2) is 9.59 Å². The molecule has 0 N–H and O–H groups in total. The summed E-state index contributed by atoms with van der Waals surface area (Å²) < 4.78 is 0. The summed E-state index contributed by atoms with van der Waals surface area (Å²) in [5.74, 6) is 0. The molecule has 0 aromatic heterocycles. The van der Waals surface area contributed by atoms with E-state index in [-0.39, 0.29) is 0 Å². The lowest BCUT2D eigenvalue weighted by Crippen LogP contribution is -1.91. The quantitative estimate of drug-likeness (QED) is 0.628. The molecule has 0 saturated heterocycles. The molecule has 0 bridgehead atoms. The minimum absolute atomic E-state index is 0.421. The standard InChI is InChI=1S/C16H11ClN2O2/c1-11-6-13(7-12-4-2-3-5-14(12)17)16(19-10-21)8-15(11)18-9-20/h2-6,8H,7H2,1H3. The highest BCUT2D eigenvalue weighted by molar-refractivity contribution is 6.31. The molecule has 2 aromatic carbocycles. The number of hydrogen-bond acceptors (Lipinski definition) is 4. The number of carbonyl (C=O) groups excluding carboxylic acids is 2. The van der Waals surface area contributed by atoms with Crippen LogP contribution >= 0.6 is 11.6 Å². The van der Waals surface area contributed by atoms with Crippen LogP contribution in [0.4, 0.5) is 11.4 Å². The number of rotatable bonds is 4. The molecule has 0 fully saturated rings. The third kappa shape index (κ3) is 3.53. The van der Waals surface area contributed by atoms with E-state index in [0.717, 1.165) is 16.7 Å². The van der Waals surface area contributed by atoms with Crippen LogP contribution in [0.25, 0.3) is 0 Å². The van der Waals surface area contributed by atoms with E-state index < -0.39 is 0 Å². The molecule has 2 aromatic rings. The molecular weight excluding hydrogens is 288 g/mol. The highest BCUT2D eigenvalue weighted by Gasteiger charge is 2.09. The molecule has 4 nitrogen and oxygen atoms in total. The Morgan fingerprint density at radius 1 is 1.00 bits per heavy atom. The fraction of sp³-hybridized carbons (Fsp3) is 0.125. The lowest BCUT2D eigenvalue weighted by Gasteiger charge is -2.09. The molecule has 0 aliphatic rings. The van der Waals surface area contributed by atoms with Crippen LogP contribution in [-0.2, 0) is 16.0 Å². The van der Waals surface area contributed by atoms with Gasteiger partial charge in [0.25, 0.3) is 0 Å². The van der Waals surface area contributed by atoms with Gasteiger partial charge in [-0.3, -0.25) is 0 Å². The summed E-state index contributed by atoms with van der Waals surface area (Å²) in [5.41, 5.74) is 3.39. The SMILES string of the molecule is Cc1cc(Cc2ccccc2Cl)c(N=C=O)cc1N=C=O. The minimum Gasteiger partial charge on any atom is -0.211 e. The number of aryl methyl sites for hydroxylation is 1. The van der Waals surface area contributed by atoms with Gasteiger partial charge in [-0.15, -0.1) is 0 Å². The summed E-state index contributed by atoms with van der Waals surface area (Å²) in [6.07, 6.45) is 3.52. The molecule has 0 heterocycles. The fourth-order valence-corrected chi connectivity index (χ4v) is 2.26. The van der Waals surface area contributed by atoms with Crippen molar-refractivity contribution >= 4 is 35.1 Å². The van der Waals surface area contributed by atoms with E-state index in [9.17, 15) is 9.59 Å². The van der Waals surface area contributed by atoms with E-state index in [1.807, 2.05) is 31.2 Å². The zero-order chi connectivity index (χ0) is 15.2. The zero-order valence-electron chi connectivity index (χ0n) is 11.3. The van der Waals surface area contributed by atoms with Crippen LogP contribution in [0.2, 0.25) is 5.02 Å². The van der Waals surface area contributed by atoms with Gasteiger partial charge in [-0.05, 0) is 35.7 Å². The van der Waals surface area contributed by atoms with Crippen molar-refractivity contribution in [3.05, 3.63) is 58.1 Å². The van der Waals surface area contributed by atoms with Gasteiger partial charge in [0.2, 0.25) is 12.2 Å². The molecule has 21 heavy (non-hydrogen) atoms. The lowest BCUT2D eigenvalue weighted by atomic mass is 10.00. The largest absolute Gasteiger partial charge is 0.240 e. The molecule has 0 spiro atoms. The third-order valence-corrected chi connectivity index (χ3v) is 3.44. The number of halogens is 1. The van der Waals surface area contributed by atoms with Gasteiger partial charge in [-0.2, -0.15) is 9.98 Å². The maximum atomic E-state index is 10.6. The van der Waals surface area contributed by atoms with Gasteiger partial charge in [0.1, 0.15) is 0 Å². The van der Waals surface area contributed by atoms with Crippen molar-refractivity contribution in [3.63, 3.8) is 0 Å². The average Bonchev–Trinajstić information content (AvgIpc) is 2.46. The molecular formula is C16H11ClN2O2. The Bertz CT molecular complexity index is 774. The summed E-state index contributed by atoms with van der Waals surface area (Å²) in [6.45, 7) is 1.82. The Balaban J connectivity index is 2.52. The van der Waals surface area contributed by atoms with Crippen molar-refractivity contribution in [2.24, 2.45) is 9.98 Å². The molecule has 0 amide bonds. The Morgan fingerprint density at radius 3 is 2.33 bits per heavy atom. The maximum absolute atomic E-state index is 10.6. The number of nitrogens with zero attached hydrogens (tertiary/aromatic N) is 2. The predicted octanol–water partition coefficient (Wildman–Crippen LogP) is 4.17. The Labute approximate surface area is 126 Å². The molecule has 0 aliphatic heterocycles. The summed E-state index contributed by atoms with van der Waals surface area (Å²) in [6, 6.07) is 10.8. The zero-order valence-corrected chi connectivity index (χ0v) is 12.0.